The molecule has 1 N–H and O–H groups in total. The molecule has 2 aromatic rings. The van der Waals surface area contributed by atoms with Crippen LogP contribution < -0.4 is 5.32 Å². The maximum absolute atomic E-state index is 12.6. The van der Waals surface area contributed by atoms with E-state index in [1.807, 2.05) is 13.0 Å². The van der Waals surface area contributed by atoms with Crippen molar-refractivity contribution in [2.75, 3.05) is 19.0 Å². The average molecular weight is 343 g/mol. The minimum Gasteiger partial charge on any atom is -0.465 e. The molecule has 1 atom stereocenters. The molecule has 1 fully saturated rings. The van der Waals surface area contributed by atoms with Crippen molar-refractivity contribution in [3.8, 4) is 0 Å². The van der Waals surface area contributed by atoms with Crippen LogP contribution in [-0.2, 0) is 11.2 Å². The third-order valence-corrected chi connectivity index (χ3v) is 4.34. The smallest absolute Gasteiger partial charge is 0.337 e. The summed E-state index contributed by atoms with van der Waals surface area (Å²) in [6, 6.07) is 8.23. The van der Waals surface area contributed by atoms with Crippen LogP contribution in [-0.4, -0.2) is 35.7 Å². The number of esters is 1. The number of aryl methyl sites for hydroxylation is 1. The molecule has 1 saturated heterocycles. The summed E-state index contributed by atoms with van der Waals surface area (Å²) in [5, 5.41) is 6.88. The summed E-state index contributed by atoms with van der Waals surface area (Å²) in [5.41, 5.74) is 1.95. The van der Waals surface area contributed by atoms with Crippen molar-refractivity contribution in [2.45, 2.75) is 32.2 Å². The van der Waals surface area contributed by atoms with E-state index in [1.165, 1.54) is 7.11 Å². The number of amides is 2. The van der Waals surface area contributed by atoms with Gasteiger partial charge in [-0.2, -0.15) is 0 Å². The van der Waals surface area contributed by atoms with Crippen molar-refractivity contribution in [3.63, 3.8) is 0 Å². The van der Waals surface area contributed by atoms with Gasteiger partial charge in [0.2, 0.25) is 0 Å². The largest absolute Gasteiger partial charge is 0.465 e. The van der Waals surface area contributed by atoms with E-state index in [2.05, 4.69) is 15.2 Å². The number of likely N-dealkylation sites (tertiary alicyclic amines) is 1. The molecule has 2 heterocycles. The molecule has 0 bridgehead atoms. The van der Waals surface area contributed by atoms with E-state index < -0.39 is 5.97 Å². The summed E-state index contributed by atoms with van der Waals surface area (Å²) in [6.45, 7) is 2.68. The molecule has 7 nitrogen and oxygen atoms in total. The molecule has 25 heavy (non-hydrogen) atoms. The zero-order valence-electron chi connectivity index (χ0n) is 14.3. The maximum Gasteiger partial charge on any atom is 0.337 e. The SMILES string of the molecule is CCc1cc([C@@H]2CCCN2C(=O)Nc2ccc(C(=O)OC)cc2)on1. The minimum absolute atomic E-state index is 0.0952. The van der Waals surface area contributed by atoms with E-state index in [9.17, 15) is 9.59 Å². The topological polar surface area (TPSA) is 84.7 Å². The van der Waals surface area contributed by atoms with E-state index in [4.69, 9.17) is 4.52 Å². The van der Waals surface area contributed by atoms with Gasteiger partial charge in [-0.15, -0.1) is 0 Å². The summed E-state index contributed by atoms with van der Waals surface area (Å²) in [6.07, 6.45) is 2.57. The molecule has 0 saturated carbocycles. The number of ether oxygens (including phenoxy) is 1. The molecule has 3 rings (SSSR count). The predicted molar refractivity (Wildman–Crippen MR) is 91.4 cm³/mol. The van der Waals surface area contributed by atoms with Gasteiger partial charge in [-0.3, -0.25) is 0 Å². The van der Waals surface area contributed by atoms with Crippen LogP contribution in [0.5, 0.6) is 0 Å². The number of methoxy groups -OCH3 is 1. The number of carbonyl (C=O) groups excluding carboxylic acids is 2. The first-order chi connectivity index (χ1) is 12.1. The van der Waals surface area contributed by atoms with E-state index in [0.29, 0.717) is 17.8 Å². The highest BCUT2D eigenvalue weighted by Crippen LogP contribution is 2.32. The van der Waals surface area contributed by atoms with E-state index >= 15 is 0 Å². The predicted octanol–water partition coefficient (Wildman–Crippen LogP) is 3.39. The van der Waals surface area contributed by atoms with Crippen molar-refractivity contribution in [1.82, 2.24) is 10.1 Å². The molecule has 132 valence electrons. The Balaban J connectivity index is 1.68. The second-order valence-electron chi connectivity index (χ2n) is 5.92. The van der Waals surface area contributed by atoms with Gasteiger partial charge in [0.25, 0.3) is 0 Å². The lowest BCUT2D eigenvalue weighted by Crippen LogP contribution is -2.34. The molecule has 0 radical (unpaired) electrons. The Labute approximate surface area is 145 Å². The third-order valence-electron chi connectivity index (χ3n) is 4.34. The normalized spacial score (nSPS) is 16.7. The van der Waals surface area contributed by atoms with Gasteiger partial charge in [0, 0.05) is 18.3 Å². The Morgan fingerprint density at radius 2 is 2.12 bits per heavy atom. The summed E-state index contributed by atoms with van der Waals surface area (Å²) >= 11 is 0. The van der Waals surface area contributed by atoms with Crippen molar-refractivity contribution >= 4 is 17.7 Å². The molecule has 1 aromatic carbocycles. The quantitative estimate of drug-likeness (QED) is 0.860. The standard InChI is InChI=1S/C18H21N3O4/c1-3-13-11-16(25-20-13)15-5-4-10-21(15)18(23)19-14-8-6-12(7-9-14)17(22)24-2/h6-9,11,15H,3-5,10H2,1-2H3,(H,19,23)/t15-/m0/s1. The number of urea groups is 1. The van der Waals surface area contributed by atoms with Gasteiger partial charge in [0.1, 0.15) is 0 Å². The fraction of sp³-hybridized carbons (Fsp3) is 0.389. The van der Waals surface area contributed by atoms with Gasteiger partial charge in [-0.1, -0.05) is 12.1 Å². The highest BCUT2D eigenvalue weighted by atomic mass is 16.5. The highest BCUT2D eigenvalue weighted by molar-refractivity contribution is 5.92. The lowest BCUT2D eigenvalue weighted by atomic mass is 10.1. The van der Waals surface area contributed by atoms with Gasteiger partial charge in [0.05, 0.1) is 24.4 Å². The first-order valence-electron chi connectivity index (χ1n) is 8.34. The lowest BCUT2D eigenvalue weighted by molar-refractivity contribution is 0.0600. The first kappa shape index (κ1) is 17.0. The molecule has 7 heteroatoms. The summed E-state index contributed by atoms with van der Waals surface area (Å²) in [4.78, 5) is 25.8. The van der Waals surface area contributed by atoms with Crippen LogP contribution in [0.3, 0.4) is 0 Å². The Kier molecular flexibility index (Phi) is 5.02. The van der Waals surface area contributed by atoms with Crippen molar-refractivity contribution in [2.24, 2.45) is 0 Å². The molecule has 2 amide bonds. The maximum atomic E-state index is 12.6. The highest BCUT2D eigenvalue weighted by Gasteiger charge is 2.32. The molecule has 1 aliphatic rings. The summed E-state index contributed by atoms with van der Waals surface area (Å²) < 4.78 is 10.1. The van der Waals surface area contributed by atoms with Gasteiger partial charge in [-0.25, -0.2) is 9.59 Å². The van der Waals surface area contributed by atoms with Crippen LogP contribution in [0.4, 0.5) is 10.5 Å². The lowest BCUT2D eigenvalue weighted by Gasteiger charge is -2.23. The zero-order valence-corrected chi connectivity index (χ0v) is 14.3. The average Bonchev–Trinajstić information content (AvgIpc) is 3.30. The van der Waals surface area contributed by atoms with Crippen molar-refractivity contribution in [3.05, 3.63) is 47.3 Å². The fourth-order valence-corrected chi connectivity index (χ4v) is 2.96. The zero-order chi connectivity index (χ0) is 17.8. The molecular weight excluding hydrogens is 322 g/mol. The number of nitrogens with zero attached hydrogens (tertiary/aromatic N) is 2. The molecule has 1 aromatic heterocycles. The van der Waals surface area contributed by atoms with Gasteiger partial charge >= 0.3 is 12.0 Å². The Morgan fingerprint density at radius 3 is 2.76 bits per heavy atom. The number of nitrogens with one attached hydrogen (secondary N) is 1. The van der Waals surface area contributed by atoms with Gasteiger partial charge in [0.15, 0.2) is 5.76 Å². The van der Waals surface area contributed by atoms with E-state index in [0.717, 1.165) is 30.7 Å². The van der Waals surface area contributed by atoms with Crippen LogP contribution in [0.25, 0.3) is 0 Å². The second kappa shape index (κ2) is 7.38. The van der Waals surface area contributed by atoms with Gasteiger partial charge in [-0.05, 0) is 43.5 Å². The summed E-state index contributed by atoms with van der Waals surface area (Å²) in [5.74, 6) is 0.320. The van der Waals surface area contributed by atoms with Crippen LogP contribution in [0.15, 0.2) is 34.9 Å². The van der Waals surface area contributed by atoms with Crippen molar-refractivity contribution < 1.29 is 18.8 Å². The van der Waals surface area contributed by atoms with Crippen LogP contribution in [0, 0.1) is 0 Å². The number of anilines is 1. The van der Waals surface area contributed by atoms with E-state index in [-0.39, 0.29) is 12.1 Å². The number of rotatable bonds is 4. The fourth-order valence-electron chi connectivity index (χ4n) is 2.96. The Morgan fingerprint density at radius 1 is 1.36 bits per heavy atom. The number of aromatic nitrogens is 1. The number of benzene rings is 1. The second-order valence-corrected chi connectivity index (χ2v) is 5.92. The molecule has 0 spiro atoms. The van der Waals surface area contributed by atoms with Crippen LogP contribution >= 0.6 is 0 Å². The Bertz CT molecular complexity index is 754. The molecular formula is C18H21N3O4. The Hall–Kier alpha value is -2.83. The first-order valence-corrected chi connectivity index (χ1v) is 8.34. The van der Waals surface area contributed by atoms with Crippen molar-refractivity contribution in [1.29, 1.82) is 0 Å². The molecule has 0 unspecified atom stereocenters. The number of hydrogen-bond donors (Lipinski definition) is 1. The minimum atomic E-state index is -0.408. The van der Waals surface area contributed by atoms with E-state index in [1.54, 1.807) is 29.2 Å². The number of hydrogen-bond acceptors (Lipinski definition) is 5. The third kappa shape index (κ3) is 3.65. The monoisotopic (exact) mass is 343 g/mol. The van der Waals surface area contributed by atoms with Gasteiger partial charge < -0.3 is 19.5 Å². The van der Waals surface area contributed by atoms with Crippen LogP contribution in [0.1, 0.15) is 47.6 Å². The summed E-state index contributed by atoms with van der Waals surface area (Å²) in [7, 11) is 1.33. The number of carbonyl (C=O) groups is 2. The molecule has 1 aliphatic heterocycles. The van der Waals surface area contributed by atoms with Crippen LogP contribution in [0.2, 0.25) is 0 Å². The molecule has 0 aliphatic carbocycles.